The second kappa shape index (κ2) is 12.1. The van der Waals surface area contributed by atoms with E-state index in [4.69, 9.17) is 0 Å². The van der Waals surface area contributed by atoms with Crippen LogP contribution in [0, 0.1) is 20.8 Å². The van der Waals surface area contributed by atoms with E-state index < -0.39 is 28.5 Å². The van der Waals surface area contributed by atoms with E-state index in [1.165, 1.54) is 11.9 Å². The molecule has 0 saturated carbocycles. The summed E-state index contributed by atoms with van der Waals surface area (Å²) in [4.78, 5) is 28.5. The molecule has 0 aromatic heterocycles. The highest BCUT2D eigenvalue weighted by Crippen LogP contribution is 2.25. The summed E-state index contributed by atoms with van der Waals surface area (Å²) in [6.07, 6.45) is 1.38. The summed E-state index contributed by atoms with van der Waals surface area (Å²) in [6, 6.07) is 21.8. The Labute approximate surface area is 220 Å². The molecule has 0 spiro atoms. The van der Waals surface area contributed by atoms with E-state index in [1.54, 1.807) is 6.07 Å². The molecule has 0 unspecified atom stereocenters. The van der Waals surface area contributed by atoms with Crippen LogP contribution in [0.25, 0.3) is 0 Å². The Morgan fingerprint density at radius 1 is 0.865 bits per heavy atom. The van der Waals surface area contributed by atoms with Crippen molar-refractivity contribution in [1.29, 1.82) is 0 Å². The molecule has 3 aromatic carbocycles. The molecule has 3 rings (SSSR count). The van der Waals surface area contributed by atoms with E-state index in [-0.39, 0.29) is 12.5 Å². The van der Waals surface area contributed by atoms with Gasteiger partial charge in [-0.1, -0.05) is 77.9 Å². The van der Waals surface area contributed by atoms with Gasteiger partial charge in [-0.2, -0.15) is 0 Å². The molecule has 0 heterocycles. The Morgan fingerprint density at radius 3 is 2.11 bits per heavy atom. The van der Waals surface area contributed by atoms with Gasteiger partial charge in [-0.05, 0) is 43.5 Å². The van der Waals surface area contributed by atoms with Gasteiger partial charge in [0.2, 0.25) is 21.8 Å². The van der Waals surface area contributed by atoms with E-state index in [9.17, 15) is 18.0 Å². The van der Waals surface area contributed by atoms with E-state index in [0.717, 1.165) is 38.4 Å². The third-order valence-electron chi connectivity index (χ3n) is 6.25. The first-order valence-electron chi connectivity index (χ1n) is 12.1. The normalized spacial score (nSPS) is 12.0. The van der Waals surface area contributed by atoms with Crippen molar-refractivity contribution in [2.45, 2.75) is 39.8 Å². The maximum absolute atomic E-state index is 13.9. The lowest BCUT2D eigenvalue weighted by atomic mass is 10.0. The van der Waals surface area contributed by atoms with Crippen LogP contribution >= 0.6 is 0 Å². The number of sulfonamides is 1. The fraction of sp³-hybridized carbons (Fsp3) is 0.310. The highest BCUT2D eigenvalue weighted by atomic mass is 32.2. The molecule has 7 nitrogen and oxygen atoms in total. The van der Waals surface area contributed by atoms with Crippen molar-refractivity contribution in [1.82, 2.24) is 10.2 Å². The Morgan fingerprint density at radius 2 is 1.51 bits per heavy atom. The van der Waals surface area contributed by atoms with Crippen LogP contribution < -0.4 is 9.62 Å². The summed E-state index contributed by atoms with van der Waals surface area (Å²) >= 11 is 0. The molecule has 1 N–H and O–H groups in total. The molecule has 0 aliphatic heterocycles. The maximum atomic E-state index is 13.9. The van der Waals surface area contributed by atoms with E-state index >= 15 is 0 Å². The summed E-state index contributed by atoms with van der Waals surface area (Å²) in [6.45, 7) is 5.44. The molecule has 37 heavy (non-hydrogen) atoms. The Kier molecular flexibility index (Phi) is 9.10. The predicted octanol–water partition coefficient (Wildman–Crippen LogP) is 3.76. The first kappa shape index (κ1) is 27.9. The monoisotopic (exact) mass is 521 g/mol. The molecule has 0 aliphatic rings. The Balaban J connectivity index is 2.05. The molecule has 0 aliphatic carbocycles. The number of amides is 2. The van der Waals surface area contributed by atoms with Gasteiger partial charge in [0.25, 0.3) is 0 Å². The summed E-state index contributed by atoms with van der Waals surface area (Å²) in [5, 5.41) is 2.68. The Hall–Kier alpha value is -3.65. The molecule has 0 saturated heterocycles. The van der Waals surface area contributed by atoms with Crippen LogP contribution in [0.2, 0.25) is 0 Å². The number of nitrogens with zero attached hydrogens (tertiary/aromatic N) is 2. The van der Waals surface area contributed by atoms with Crippen LogP contribution in [-0.2, 0) is 32.6 Å². The zero-order chi connectivity index (χ0) is 27.2. The molecule has 0 radical (unpaired) electrons. The SMILES string of the molecule is CNC(=O)[C@H](Cc1ccccc1)N(Cc1cccc(C)c1)C(=O)CN(c1ccc(C)cc1C)S(C)(=O)=O. The van der Waals surface area contributed by atoms with Crippen LogP contribution in [0.5, 0.6) is 0 Å². The fourth-order valence-corrected chi connectivity index (χ4v) is 5.31. The summed E-state index contributed by atoms with van der Waals surface area (Å²) in [5.41, 5.74) is 4.95. The van der Waals surface area contributed by atoms with Crippen molar-refractivity contribution in [3.63, 3.8) is 0 Å². The smallest absolute Gasteiger partial charge is 0.244 e. The van der Waals surface area contributed by atoms with Crippen LogP contribution in [0.3, 0.4) is 0 Å². The lowest BCUT2D eigenvalue weighted by Gasteiger charge is -2.33. The first-order chi connectivity index (χ1) is 17.5. The van der Waals surface area contributed by atoms with Gasteiger partial charge in [-0.3, -0.25) is 13.9 Å². The van der Waals surface area contributed by atoms with Crippen LogP contribution in [-0.4, -0.2) is 51.0 Å². The van der Waals surface area contributed by atoms with Crippen LogP contribution in [0.1, 0.15) is 27.8 Å². The zero-order valence-electron chi connectivity index (χ0n) is 22.1. The van der Waals surface area contributed by atoms with E-state index in [0.29, 0.717) is 12.1 Å². The second-order valence-corrected chi connectivity index (χ2v) is 11.3. The minimum atomic E-state index is -3.79. The lowest BCUT2D eigenvalue weighted by molar-refractivity contribution is -0.139. The molecule has 3 aromatic rings. The topological polar surface area (TPSA) is 86.8 Å². The summed E-state index contributed by atoms with van der Waals surface area (Å²) in [5.74, 6) is -0.779. The summed E-state index contributed by atoms with van der Waals surface area (Å²) in [7, 11) is -2.25. The standard InChI is InChI=1S/C29H35N3O4S/c1-21-10-9-13-25(17-21)19-31(27(29(34)30-4)18-24-11-7-6-8-12-24)28(33)20-32(37(5,35)36)26-15-14-22(2)16-23(26)3/h6-17,27H,18-20H2,1-5H3,(H,30,34)/t27-/m0/s1. The van der Waals surface area contributed by atoms with Gasteiger partial charge in [0.15, 0.2) is 0 Å². The lowest BCUT2D eigenvalue weighted by Crippen LogP contribution is -2.53. The number of carbonyl (C=O) groups excluding carboxylic acids is 2. The molecule has 196 valence electrons. The number of rotatable bonds is 10. The maximum Gasteiger partial charge on any atom is 0.244 e. The van der Waals surface area contributed by atoms with Gasteiger partial charge >= 0.3 is 0 Å². The average molecular weight is 522 g/mol. The number of anilines is 1. The van der Waals surface area contributed by atoms with Crippen molar-refractivity contribution in [2.24, 2.45) is 0 Å². The number of carbonyl (C=O) groups is 2. The molecular formula is C29H35N3O4S. The highest BCUT2D eigenvalue weighted by molar-refractivity contribution is 7.92. The fourth-order valence-electron chi connectivity index (χ4n) is 4.41. The summed E-state index contributed by atoms with van der Waals surface area (Å²) < 4.78 is 26.8. The van der Waals surface area contributed by atoms with Crippen LogP contribution in [0.15, 0.2) is 72.8 Å². The third-order valence-corrected chi connectivity index (χ3v) is 7.38. The van der Waals surface area contributed by atoms with Gasteiger partial charge < -0.3 is 10.2 Å². The molecule has 8 heteroatoms. The molecule has 2 amide bonds. The Bertz CT molecular complexity index is 1360. The highest BCUT2D eigenvalue weighted by Gasteiger charge is 2.32. The quantitative estimate of drug-likeness (QED) is 0.440. The number of benzene rings is 3. The minimum absolute atomic E-state index is 0.163. The first-order valence-corrected chi connectivity index (χ1v) is 14.0. The van der Waals surface area contributed by atoms with Crippen LogP contribution in [0.4, 0.5) is 5.69 Å². The van der Waals surface area contributed by atoms with Crippen molar-refractivity contribution in [3.8, 4) is 0 Å². The molecule has 1 atom stereocenters. The van der Waals surface area contributed by atoms with E-state index in [1.807, 2.05) is 87.5 Å². The van der Waals surface area contributed by atoms with Crippen molar-refractivity contribution in [3.05, 3.63) is 101 Å². The largest absolute Gasteiger partial charge is 0.357 e. The number of hydrogen-bond acceptors (Lipinski definition) is 4. The van der Waals surface area contributed by atoms with Gasteiger partial charge in [0.1, 0.15) is 12.6 Å². The zero-order valence-corrected chi connectivity index (χ0v) is 22.9. The minimum Gasteiger partial charge on any atom is -0.357 e. The van der Waals surface area contributed by atoms with Crippen molar-refractivity contribution >= 4 is 27.5 Å². The number of likely N-dealkylation sites (N-methyl/N-ethyl adjacent to an activating group) is 1. The number of hydrogen-bond donors (Lipinski definition) is 1. The third kappa shape index (κ3) is 7.43. The van der Waals surface area contributed by atoms with Gasteiger partial charge in [-0.15, -0.1) is 0 Å². The second-order valence-electron chi connectivity index (χ2n) is 9.39. The number of nitrogens with one attached hydrogen (secondary N) is 1. The van der Waals surface area contributed by atoms with E-state index in [2.05, 4.69) is 5.32 Å². The molecular weight excluding hydrogens is 486 g/mol. The average Bonchev–Trinajstić information content (AvgIpc) is 2.84. The molecule has 0 bridgehead atoms. The van der Waals surface area contributed by atoms with Gasteiger partial charge in [0.05, 0.1) is 11.9 Å². The van der Waals surface area contributed by atoms with Crippen molar-refractivity contribution in [2.75, 3.05) is 24.2 Å². The van der Waals surface area contributed by atoms with Crippen molar-refractivity contribution < 1.29 is 18.0 Å². The van der Waals surface area contributed by atoms with Gasteiger partial charge in [0, 0.05) is 20.0 Å². The number of aryl methyl sites for hydroxylation is 3. The predicted molar refractivity (Wildman–Crippen MR) is 148 cm³/mol. The molecule has 0 fully saturated rings. The van der Waals surface area contributed by atoms with Gasteiger partial charge in [-0.25, -0.2) is 8.42 Å².